The fraction of sp³-hybridized carbons (Fsp3) is 0.250. The van der Waals surface area contributed by atoms with Crippen molar-refractivity contribution in [3.05, 3.63) is 59.7 Å². The van der Waals surface area contributed by atoms with Crippen molar-refractivity contribution in [1.82, 2.24) is 0 Å². The van der Waals surface area contributed by atoms with Gasteiger partial charge in [-0.25, -0.2) is 13.6 Å². The Bertz CT molecular complexity index is 756. The zero-order chi connectivity index (χ0) is 15.0. The van der Waals surface area contributed by atoms with Crippen molar-refractivity contribution < 1.29 is 13.2 Å². The molecule has 21 heavy (non-hydrogen) atoms. The van der Waals surface area contributed by atoms with Crippen molar-refractivity contribution in [2.75, 3.05) is 7.11 Å². The second-order valence-electron chi connectivity index (χ2n) is 5.31. The summed E-state index contributed by atoms with van der Waals surface area (Å²) in [5.74, 6) is 1.41. The maximum atomic E-state index is 11.5. The Hall–Kier alpha value is -1.85. The summed E-state index contributed by atoms with van der Waals surface area (Å²) >= 11 is 0. The van der Waals surface area contributed by atoms with Gasteiger partial charge in [-0.1, -0.05) is 30.3 Å². The first-order chi connectivity index (χ1) is 10.0. The van der Waals surface area contributed by atoms with Crippen LogP contribution >= 0.6 is 0 Å². The Morgan fingerprint density at radius 3 is 2.43 bits per heavy atom. The average molecular weight is 303 g/mol. The highest BCUT2D eigenvalue weighted by Crippen LogP contribution is 2.56. The van der Waals surface area contributed by atoms with Gasteiger partial charge in [-0.05, 0) is 47.6 Å². The molecule has 0 heterocycles. The number of methoxy groups -OCH3 is 1. The first-order valence-corrected chi connectivity index (χ1v) is 8.31. The van der Waals surface area contributed by atoms with Crippen molar-refractivity contribution in [2.24, 2.45) is 5.14 Å². The maximum absolute atomic E-state index is 11.5. The van der Waals surface area contributed by atoms with Crippen LogP contribution in [0.3, 0.4) is 0 Å². The number of sulfonamides is 1. The molecule has 0 bridgehead atoms. The molecular formula is C16H17NO3S. The van der Waals surface area contributed by atoms with Crippen molar-refractivity contribution in [3.8, 4) is 5.75 Å². The molecule has 1 saturated carbocycles. The molecule has 0 aliphatic heterocycles. The second kappa shape index (κ2) is 5.16. The molecule has 0 aromatic heterocycles. The maximum Gasteiger partial charge on any atom is 0.238 e. The third kappa shape index (κ3) is 2.80. The third-order valence-corrected chi connectivity index (χ3v) is 4.86. The molecule has 2 aromatic rings. The molecule has 1 fully saturated rings. The highest BCUT2D eigenvalue weighted by atomic mass is 32.2. The van der Waals surface area contributed by atoms with E-state index in [0.717, 1.165) is 12.0 Å². The van der Waals surface area contributed by atoms with Gasteiger partial charge in [0.25, 0.3) is 0 Å². The molecule has 0 unspecified atom stereocenters. The van der Waals surface area contributed by atoms with Crippen LogP contribution in [0.5, 0.6) is 5.75 Å². The SMILES string of the molecule is COc1ccc(S(N)(=O)=O)cc1[C@@H]1C[C@H]1c1ccccc1. The van der Waals surface area contributed by atoms with E-state index in [9.17, 15) is 8.42 Å². The standard InChI is InChI=1S/C16H17NO3S/c1-20-16-8-7-12(21(17,18)19)9-15(16)14-10-13(14)11-5-3-2-4-6-11/h2-9,13-14H,10H2,1H3,(H2,17,18,19)/t13-,14+/m0/s1. The predicted octanol–water partition coefficient (Wildman–Crippen LogP) is 2.61. The van der Waals surface area contributed by atoms with Crippen LogP contribution in [-0.4, -0.2) is 15.5 Å². The Morgan fingerprint density at radius 2 is 1.81 bits per heavy atom. The van der Waals surface area contributed by atoms with Crippen LogP contribution < -0.4 is 9.88 Å². The molecule has 4 nitrogen and oxygen atoms in total. The van der Waals surface area contributed by atoms with Crippen molar-refractivity contribution in [3.63, 3.8) is 0 Å². The molecule has 1 aliphatic carbocycles. The van der Waals surface area contributed by atoms with Crippen molar-refractivity contribution >= 4 is 10.0 Å². The van der Waals surface area contributed by atoms with Gasteiger partial charge in [0.1, 0.15) is 5.75 Å². The molecule has 0 saturated heterocycles. The fourth-order valence-corrected chi connectivity index (χ4v) is 3.34. The van der Waals surface area contributed by atoms with E-state index in [1.165, 1.54) is 11.6 Å². The molecule has 0 spiro atoms. The summed E-state index contributed by atoms with van der Waals surface area (Å²) in [6.07, 6.45) is 0.994. The summed E-state index contributed by atoms with van der Waals surface area (Å²) < 4.78 is 28.4. The van der Waals surface area contributed by atoms with Gasteiger partial charge in [0, 0.05) is 0 Å². The Balaban J connectivity index is 1.96. The lowest BCUT2D eigenvalue weighted by Crippen LogP contribution is -2.12. The summed E-state index contributed by atoms with van der Waals surface area (Å²) in [5, 5.41) is 5.21. The molecule has 110 valence electrons. The van der Waals surface area contributed by atoms with Crippen LogP contribution in [0, 0.1) is 0 Å². The fourth-order valence-electron chi connectivity index (χ4n) is 2.79. The van der Waals surface area contributed by atoms with E-state index < -0.39 is 10.0 Å². The number of primary sulfonamides is 1. The van der Waals surface area contributed by atoms with Crippen LogP contribution in [-0.2, 0) is 10.0 Å². The lowest BCUT2D eigenvalue weighted by atomic mass is 10.0. The number of rotatable bonds is 4. The lowest BCUT2D eigenvalue weighted by molar-refractivity contribution is 0.409. The second-order valence-corrected chi connectivity index (χ2v) is 6.87. The summed E-state index contributed by atoms with van der Waals surface area (Å²) in [5.41, 5.74) is 2.18. The molecule has 3 rings (SSSR count). The third-order valence-electron chi connectivity index (χ3n) is 3.95. The van der Waals surface area contributed by atoms with Crippen LogP contribution in [0.1, 0.15) is 29.4 Å². The molecule has 2 aromatic carbocycles. The van der Waals surface area contributed by atoms with Gasteiger partial charge in [0.15, 0.2) is 0 Å². The van der Waals surface area contributed by atoms with Crippen molar-refractivity contribution in [2.45, 2.75) is 23.2 Å². The Morgan fingerprint density at radius 1 is 1.10 bits per heavy atom. The van der Waals surface area contributed by atoms with E-state index in [-0.39, 0.29) is 10.8 Å². The van der Waals surface area contributed by atoms with Gasteiger partial charge in [-0.2, -0.15) is 0 Å². The zero-order valence-corrected chi connectivity index (χ0v) is 12.5. The molecule has 5 heteroatoms. The first kappa shape index (κ1) is 14.1. The van der Waals surface area contributed by atoms with E-state index in [0.29, 0.717) is 11.7 Å². The Labute approximate surface area is 124 Å². The smallest absolute Gasteiger partial charge is 0.238 e. The van der Waals surface area contributed by atoms with Crippen LogP contribution in [0.25, 0.3) is 0 Å². The van der Waals surface area contributed by atoms with Gasteiger partial charge in [0.05, 0.1) is 12.0 Å². The number of nitrogens with two attached hydrogens (primary N) is 1. The first-order valence-electron chi connectivity index (χ1n) is 6.76. The average Bonchev–Trinajstić information content (AvgIpc) is 3.27. The number of ether oxygens (including phenoxy) is 1. The van der Waals surface area contributed by atoms with Gasteiger partial charge in [0.2, 0.25) is 10.0 Å². The van der Waals surface area contributed by atoms with Crippen LogP contribution in [0.4, 0.5) is 0 Å². The monoisotopic (exact) mass is 303 g/mol. The summed E-state index contributed by atoms with van der Waals surface area (Å²) in [7, 11) is -2.10. The van der Waals surface area contributed by atoms with Gasteiger partial charge >= 0.3 is 0 Å². The minimum Gasteiger partial charge on any atom is -0.496 e. The van der Waals surface area contributed by atoms with E-state index >= 15 is 0 Å². The van der Waals surface area contributed by atoms with Gasteiger partial charge in [-0.3, -0.25) is 0 Å². The minimum atomic E-state index is -3.69. The quantitative estimate of drug-likeness (QED) is 0.944. The normalized spacial score (nSPS) is 21.0. The van der Waals surface area contributed by atoms with Gasteiger partial charge in [-0.15, -0.1) is 0 Å². The van der Waals surface area contributed by atoms with Crippen LogP contribution in [0.2, 0.25) is 0 Å². The Kier molecular flexibility index (Phi) is 3.47. The summed E-state index contributed by atoms with van der Waals surface area (Å²) in [6.45, 7) is 0. The highest BCUT2D eigenvalue weighted by molar-refractivity contribution is 7.89. The number of hydrogen-bond acceptors (Lipinski definition) is 3. The molecule has 1 aliphatic rings. The van der Waals surface area contributed by atoms with E-state index in [2.05, 4.69) is 12.1 Å². The highest BCUT2D eigenvalue weighted by Gasteiger charge is 2.41. The van der Waals surface area contributed by atoms with Crippen LogP contribution in [0.15, 0.2) is 53.4 Å². The topological polar surface area (TPSA) is 69.4 Å². The van der Waals surface area contributed by atoms with E-state index in [4.69, 9.17) is 9.88 Å². The molecule has 0 radical (unpaired) electrons. The van der Waals surface area contributed by atoms with Crippen molar-refractivity contribution in [1.29, 1.82) is 0 Å². The molecule has 0 amide bonds. The molecule has 2 atom stereocenters. The molecular weight excluding hydrogens is 286 g/mol. The largest absolute Gasteiger partial charge is 0.496 e. The van der Waals surface area contributed by atoms with E-state index in [1.54, 1.807) is 19.2 Å². The predicted molar refractivity (Wildman–Crippen MR) is 80.9 cm³/mol. The van der Waals surface area contributed by atoms with E-state index in [1.807, 2.05) is 18.2 Å². The molecule has 2 N–H and O–H groups in total. The lowest BCUT2D eigenvalue weighted by Gasteiger charge is -2.10. The summed E-state index contributed by atoms with van der Waals surface area (Å²) in [4.78, 5) is 0.136. The number of benzene rings is 2. The van der Waals surface area contributed by atoms with Gasteiger partial charge < -0.3 is 4.74 Å². The zero-order valence-electron chi connectivity index (χ0n) is 11.7. The summed E-state index contributed by atoms with van der Waals surface area (Å²) in [6, 6.07) is 15.0. The number of hydrogen-bond donors (Lipinski definition) is 1. The minimum absolute atomic E-state index is 0.136.